The number of hydrogen-bond donors (Lipinski definition) is 1. The summed E-state index contributed by atoms with van der Waals surface area (Å²) in [6, 6.07) is 10.2. The lowest BCUT2D eigenvalue weighted by atomic mass is 10.2. The Labute approximate surface area is 193 Å². The van der Waals surface area contributed by atoms with Crippen molar-refractivity contribution in [3.05, 3.63) is 47.2 Å². The van der Waals surface area contributed by atoms with Crippen molar-refractivity contribution in [3.8, 4) is 10.6 Å². The van der Waals surface area contributed by atoms with Gasteiger partial charge in [-0.05, 0) is 23.6 Å². The molecule has 1 N–H and O–H groups in total. The number of nitrogens with one attached hydrogen (secondary N) is 1. The van der Waals surface area contributed by atoms with Crippen LogP contribution in [0, 0.1) is 0 Å². The summed E-state index contributed by atoms with van der Waals surface area (Å²) in [5.74, 6) is -0.482. The molecule has 3 aromatic rings. The lowest BCUT2D eigenvalue weighted by Crippen LogP contribution is -2.50. The third kappa shape index (κ3) is 5.21. The molecule has 9 nitrogen and oxygen atoms in total. The lowest BCUT2D eigenvalue weighted by Gasteiger charge is -2.34. The molecule has 12 heteroatoms. The summed E-state index contributed by atoms with van der Waals surface area (Å²) < 4.78 is 26.8. The van der Waals surface area contributed by atoms with Crippen LogP contribution in [0.3, 0.4) is 0 Å². The van der Waals surface area contributed by atoms with E-state index in [0.29, 0.717) is 18.2 Å². The van der Waals surface area contributed by atoms with Crippen molar-refractivity contribution >= 4 is 49.6 Å². The summed E-state index contributed by atoms with van der Waals surface area (Å²) >= 11 is 2.83. The highest BCUT2D eigenvalue weighted by atomic mass is 32.2. The highest BCUT2D eigenvalue weighted by molar-refractivity contribution is 7.89. The van der Waals surface area contributed by atoms with Crippen molar-refractivity contribution in [2.45, 2.75) is 17.7 Å². The van der Waals surface area contributed by atoms with Crippen LogP contribution in [-0.2, 0) is 19.6 Å². The van der Waals surface area contributed by atoms with Gasteiger partial charge in [0.2, 0.25) is 27.0 Å². The van der Waals surface area contributed by atoms with Crippen LogP contribution in [-0.4, -0.2) is 65.8 Å². The maximum atomic E-state index is 12.7. The number of anilines is 1. The molecule has 0 unspecified atom stereocenters. The van der Waals surface area contributed by atoms with E-state index >= 15 is 0 Å². The first kappa shape index (κ1) is 22.5. The van der Waals surface area contributed by atoms with Gasteiger partial charge in [0.15, 0.2) is 0 Å². The first-order chi connectivity index (χ1) is 15.4. The number of hydrogen-bond acceptors (Lipinski definition) is 8. The largest absolute Gasteiger partial charge is 0.340 e. The van der Waals surface area contributed by atoms with Crippen molar-refractivity contribution in [2.24, 2.45) is 0 Å². The molecule has 0 spiro atoms. The Morgan fingerprint density at radius 3 is 2.44 bits per heavy atom. The molecule has 1 aliphatic heterocycles. The van der Waals surface area contributed by atoms with Crippen LogP contribution in [0.25, 0.3) is 10.6 Å². The predicted octanol–water partition coefficient (Wildman–Crippen LogP) is 2.52. The van der Waals surface area contributed by atoms with E-state index in [1.165, 1.54) is 15.6 Å². The van der Waals surface area contributed by atoms with Gasteiger partial charge in [-0.2, -0.15) is 15.6 Å². The van der Waals surface area contributed by atoms with Crippen LogP contribution >= 0.6 is 22.7 Å². The number of amides is 2. The predicted molar refractivity (Wildman–Crippen MR) is 123 cm³/mol. The van der Waals surface area contributed by atoms with Crippen molar-refractivity contribution in [3.63, 3.8) is 0 Å². The molecule has 0 saturated carbocycles. The van der Waals surface area contributed by atoms with Crippen molar-refractivity contribution in [1.82, 2.24) is 19.4 Å². The SMILES string of the molecule is O=C(CCC(=O)N1CCN(S(=O)(=O)c2ccccc2)CC1)Nc1nnc(-c2ccsc2)s1. The molecule has 168 valence electrons. The van der Waals surface area contributed by atoms with Gasteiger partial charge >= 0.3 is 0 Å². The second-order valence-corrected chi connectivity index (χ2v) is 10.8. The standard InChI is InChI=1S/C20H21N5O4S3/c26-17(21-20-23-22-19(31-20)15-8-13-30-14-15)6-7-18(27)24-9-11-25(12-10-24)32(28,29)16-4-2-1-3-5-16/h1-5,8,13-14H,6-7,9-12H2,(H,21,23,26). The average molecular weight is 492 g/mol. The number of rotatable bonds is 7. The first-order valence-corrected chi connectivity index (χ1v) is 13.1. The van der Waals surface area contributed by atoms with E-state index < -0.39 is 10.0 Å². The van der Waals surface area contributed by atoms with Crippen molar-refractivity contribution in [2.75, 3.05) is 31.5 Å². The second kappa shape index (κ2) is 9.86. The van der Waals surface area contributed by atoms with E-state index in [-0.39, 0.29) is 42.6 Å². The fourth-order valence-corrected chi connectivity index (χ4v) is 6.17. The van der Waals surface area contributed by atoms with Crippen LogP contribution in [0.15, 0.2) is 52.1 Å². The first-order valence-electron chi connectivity index (χ1n) is 9.92. The molecule has 0 aliphatic carbocycles. The molecular formula is C20H21N5O4S3. The molecule has 4 rings (SSSR count). The molecule has 0 atom stereocenters. The Balaban J connectivity index is 1.23. The van der Waals surface area contributed by atoms with Gasteiger partial charge in [-0.15, -0.1) is 10.2 Å². The fourth-order valence-electron chi connectivity index (χ4n) is 3.26. The monoisotopic (exact) mass is 491 g/mol. The zero-order valence-corrected chi connectivity index (χ0v) is 19.5. The number of benzene rings is 1. The van der Waals surface area contributed by atoms with E-state index in [0.717, 1.165) is 10.6 Å². The zero-order valence-electron chi connectivity index (χ0n) is 17.0. The van der Waals surface area contributed by atoms with E-state index in [1.54, 1.807) is 46.6 Å². The average Bonchev–Trinajstić information content (AvgIpc) is 3.50. The molecule has 3 heterocycles. The number of sulfonamides is 1. The Morgan fingerprint density at radius 2 is 1.75 bits per heavy atom. The topological polar surface area (TPSA) is 113 Å². The summed E-state index contributed by atoms with van der Waals surface area (Å²) in [5.41, 5.74) is 0.955. The summed E-state index contributed by atoms with van der Waals surface area (Å²) in [4.78, 5) is 26.5. The van der Waals surface area contributed by atoms with Gasteiger partial charge in [0.25, 0.3) is 0 Å². The Kier molecular flexibility index (Phi) is 6.94. The van der Waals surface area contributed by atoms with Crippen molar-refractivity contribution in [1.29, 1.82) is 0 Å². The summed E-state index contributed by atoms with van der Waals surface area (Å²) in [6.07, 6.45) is 0.0716. The molecule has 1 fully saturated rings. The third-order valence-corrected chi connectivity index (χ3v) is 8.46. The third-order valence-electron chi connectivity index (χ3n) is 4.98. The molecule has 1 saturated heterocycles. The van der Waals surface area contributed by atoms with E-state index in [1.807, 2.05) is 16.8 Å². The Morgan fingerprint density at radius 1 is 1.00 bits per heavy atom. The minimum Gasteiger partial charge on any atom is -0.340 e. The smallest absolute Gasteiger partial charge is 0.243 e. The summed E-state index contributed by atoms with van der Waals surface area (Å²) in [6.45, 7) is 1.05. The Bertz CT molecular complexity index is 1170. The molecule has 0 radical (unpaired) electrons. The normalized spacial score (nSPS) is 14.9. The highest BCUT2D eigenvalue weighted by Crippen LogP contribution is 2.28. The number of aromatic nitrogens is 2. The van der Waals surface area contributed by atoms with E-state index in [2.05, 4.69) is 15.5 Å². The molecule has 1 aliphatic rings. The van der Waals surface area contributed by atoms with E-state index in [9.17, 15) is 18.0 Å². The van der Waals surface area contributed by atoms with Gasteiger partial charge in [0, 0.05) is 50.0 Å². The number of carbonyl (C=O) groups excluding carboxylic acids is 2. The van der Waals surface area contributed by atoms with Crippen LogP contribution < -0.4 is 5.32 Å². The second-order valence-electron chi connectivity index (χ2n) is 7.07. The minimum atomic E-state index is -3.57. The quantitative estimate of drug-likeness (QED) is 0.543. The molecule has 0 bridgehead atoms. The molecule has 2 aromatic heterocycles. The maximum absolute atomic E-state index is 12.7. The number of nitrogens with zero attached hydrogens (tertiary/aromatic N) is 4. The highest BCUT2D eigenvalue weighted by Gasteiger charge is 2.30. The van der Waals surface area contributed by atoms with Crippen LogP contribution in [0.1, 0.15) is 12.8 Å². The van der Waals surface area contributed by atoms with Crippen LogP contribution in [0.5, 0.6) is 0 Å². The molecule has 1 aromatic carbocycles. The van der Waals surface area contributed by atoms with Crippen LogP contribution in [0.2, 0.25) is 0 Å². The summed E-state index contributed by atoms with van der Waals surface area (Å²) in [5, 5.41) is 15.7. The molecule has 32 heavy (non-hydrogen) atoms. The van der Waals surface area contributed by atoms with Crippen molar-refractivity contribution < 1.29 is 18.0 Å². The van der Waals surface area contributed by atoms with Gasteiger partial charge in [-0.1, -0.05) is 29.5 Å². The zero-order chi connectivity index (χ0) is 22.6. The number of thiophene rings is 1. The number of piperazine rings is 1. The van der Waals surface area contributed by atoms with Gasteiger partial charge < -0.3 is 10.2 Å². The fraction of sp³-hybridized carbons (Fsp3) is 0.300. The molecule has 2 amide bonds. The Hall–Kier alpha value is -2.67. The molecular weight excluding hydrogens is 470 g/mol. The van der Waals surface area contributed by atoms with E-state index in [4.69, 9.17) is 0 Å². The van der Waals surface area contributed by atoms with Gasteiger partial charge in [0.05, 0.1) is 4.90 Å². The lowest BCUT2D eigenvalue weighted by molar-refractivity contribution is -0.133. The van der Waals surface area contributed by atoms with Gasteiger partial charge in [-0.3, -0.25) is 9.59 Å². The van der Waals surface area contributed by atoms with Gasteiger partial charge in [-0.25, -0.2) is 8.42 Å². The maximum Gasteiger partial charge on any atom is 0.243 e. The minimum absolute atomic E-state index is 0.0225. The van der Waals surface area contributed by atoms with Crippen LogP contribution in [0.4, 0.5) is 5.13 Å². The summed E-state index contributed by atoms with van der Waals surface area (Å²) in [7, 11) is -3.57. The van der Waals surface area contributed by atoms with Gasteiger partial charge in [0.1, 0.15) is 5.01 Å². The number of carbonyl (C=O) groups is 2.